The number of carboxylic acids is 1. The molecule has 7 heteroatoms. The van der Waals surface area contributed by atoms with Crippen molar-refractivity contribution >= 4 is 18.0 Å². The number of carbonyl (C=O) groups excluding carboxylic acids is 2. The van der Waals surface area contributed by atoms with Crippen molar-refractivity contribution in [2.45, 2.75) is 0 Å². The van der Waals surface area contributed by atoms with E-state index < -0.39 is 18.0 Å². The number of ether oxygens (including phenoxy) is 2. The Hall–Kier alpha value is -2.05. The highest BCUT2D eigenvalue weighted by Gasteiger charge is 2.21. The van der Waals surface area contributed by atoms with Crippen LogP contribution in [0.25, 0.3) is 0 Å². The highest BCUT2D eigenvalue weighted by molar-refractivity contribution is 5.90. The summed E-state index contributed by atoms with van der Waals surface area (Å²) in [6, 6.07) is 0. The fraction of sp³-hybridized carbons (Fsp3) is 0.444. The molecule has 0 radical (unpaired) electrons. The first kappa shape index (κ1) is 12.0. The molecule has 1 rings (SSSR count). The van der Waals surface area contributed by atoms with Gasteiger partial charge in [-0.3, -0.25) is 0 Å². The fourth-order valence-corrected chi connectivity index (χ4v) is 1.07. The van der Waals surface area contributed by atoms with Gasteiger partial charge in [0.05, 0.1) is 13.1 Å². The third-order valence-corrected chi connectivity index (χ3v) is 1.81. The summed E-state index contributed by atoms with van der Waals surface area (Å²) in [6.07, 6.45) is 1.06. The third kappa shape index (κ3) is 3.99. The van der Waals surface area contributed by atoms with Crippen LogP contribution in [-0.4, -0.2) is 54.3 Å². The van der Waals surface area contributed by atoms with Crippen LogP contribution >= 0.6 is 0 Å². The van der Waals surface area contributed by atoms with Crippen LogP contribution in [0.5, 0.6) is 0 Å². The van der Waals surface area contributed by atoms with Crippen molar-refractivity contribution in [1.82, 2.24) is 4.90 Å². The van der Waals surface area contributed by atoms with Gasteiger partial charge in [0.25, 0.3) is 0 Å². The molecule has 1 N–H and O–H groups in total. The SMILES string of the molecule is O=C(O)/C=C/C(=O)OCCN1CCOC1=O. The Bertz CT molecular complexity index is 324. The van der Waals surface area contributed by atoms with Crippen molar-refractivity contribution in [2.24, 2.45) is 0 Å². The van der Waals surface area contributed by atoms with E-state index in [9.17, 15) is 14.4 Å². The second kappa shape index (κ2) is 5.74. The number of carbonyl (C=O) groups is 3. The summed E-state index contributed by atoms with van der Waals surface area (Å²) in [5, 5.41) is 8.23. The molecule has 0 bridgehead atoms. The maximum absolute atomic E-state index is 10.9. The molecule has 0 saturated carbocycles. The second-order valence-electron chi connectivity index (χ2n) is 2.94. The van der Waals surface area contributed by atoms with E-state index in [4.69, 9.17) is 5.11 Å². The minimum Gasteiger partial charge on any atom is -0.478 e. The van der Waals surface area contributed by atoms with E-state index >= 15 is 0 Å². The van der Waals surface area contributed by atoms with Gasteiger partial charge < -0.3 is 19.5 Å². The maximum Gasteiger partial charge on any atom is 0.410 e. The molecule has 1 fully saturated rings. The first-order valence-electron chi connectivity index (χ1n) is 4.59. The Morgan fingerprint density at radius 2 is 2.25 bits per heavy atom. The van der Waals surface area contributed by atoms with Crippen LogP contribution < -0.4 is 0 Å². The predicted octanol–water partition coefficient (Wildman–Crippen LogP) is -0.377. The summed E-state index contributed by atoms with van der Waals surface area (Å²) in [4.78, 5) is 33.3. The van der Waals surface area contributed by atoms with Crippen LogP contribution in [0, 0.1) is 0 Å². The molecule has 7 nitrogen and oxygen atoms in total. The molecule has 1 aliphatic heterocycles. The zero-order chi connectivity index (χ0) is 12.0. The van der Waals surface area contributed by atoms with Gasteiger partial charge in [0.2, 0.25) is 0 Å². The van der Waals surface area contributed by atoms with Crippen molar-refractivity contribution in [3.8, 4) is 0 Å². The lowest BCUT2D eigenvalue weighted by Crippen LogP contribution is -2.28. The minimum absolute atomic E-state index is 0.0118. The second-order valence-corrected chi connectivity index (χ2v) is 2.94. The van der Waals surface area contributed by atoms with E-state index in [1.807, 2.05) is 0 Å². The molecule has 0 aromatic rings. The molecule has 88 valence electrons. The molecule has 0 atom stereocenters. The van der Waals surface area contributed by atoms with E-state index in [1.54, 1.807) is 0 Å². The molecular formula is C9H11NO6. The molecule has 0 unspecified atom stereocenters. The highest BCUT2D eigenvalue weighted by Crippen LogP contribution is 2.01. The van der Waals surface area contributed by atoms with Gasteiger partial charge in [-0.1, -0.05) is 0 Å². The van der Waals surface area contributed by atoms with E-state index in [0.29, 0.717) is 19.2 Å². The number of rotatable bonds is 5. The fourth-order valence-electron chi connectivity index (χ4n) is 1.07. The third-order valence-electron chi connectivity index (χ3n) is 1.81. The normalized spacial score (nSPS) is 15.2. The quantitative estimate of drug-likeness (QED) is 0.510. The topological polar surface area (TPSA) is 93.1 Å². The van der Waals surface area contributed by atoms with Crippen molar-refractivity contribution < 1.29 is 29.0 Å². The number of amides is 1. The van der Waals surface area contributed by atoms with Crippen molar-refractivity contribution in [2.75, 3.05) is 26.3 Å². The first-order chi connectivity index (χ1) is 7.59. The van der Waals surface area contributed by atoms with Gasteiger partial charge in [-0.25, -0.2) is 14.4 Å². The molecule has 1 heterocycles. The average molecular weight is 229 g/mol. The number of aliphatic carboxylic acids is 1. The Balaban J connectivity index is 2.17. The minimum atomic E-state index is -1.22. The number of esters is 1. The zero-order valence-corrected chi connectivity index (χ0v) is 8.42. The van der Waals surface area contributed by atoms with Crippen molar-refractivity contribution in [3.63, 3.8) is 0 Å². The van der Waals surface area contributed by atoms with Crippen LogP contribution in [0.4, 0.5) is 4.79 Å². The van der Waals surface area contributed by atoms with Crippen molar-refractivity contribution in [3.05, 3.63) is 12.2 Å². The van der Waals surface area contributed by atoms with Gasteiger partial charge >= 0.3 is 18.0 Å². The lowest BCUT2D eigenvalue weighted by Gasteiger charge is -2.11. The largest absolute Gasteiger partial charge is 0.478 e. The van der Waals surface area contributed by atoms with Crippen molar-refractivity contribution in [1.29, 1.82) is 0 Å². The Morgan fingerprint density at radius 3 is 2.81 bits per heavy atom. The molecule has 1 aliphatic rings. The molecule has 0 spiro atoms. The first-order valence-corrected chi connectivity index (χ1v) is 4.59. The Morgan fingerprint density at radius 1 is 1.50 bits per heavy atom. The average Bonchev–Trinajstić information content (AvgIpc) is 2.61. The molecule has 0 aromatic carbocycles. The molecule has 16 heavy (non-hydrogen) atoms. The summed E-state index contributed by atoms with van der Waals surface area (Å²) in [6.45, 7) is 1.07. The Kier molecular flexibility index (Phi) is 4.31. The van der Waals surface area contributed by atoms with Crippen LogP contribution in [-0.2, 0) is 19.1 Å². The van der Waals surface area contributed by atoms with E-state index in [-0.39, 0.29) is 13.2 Å². The van der Waals surface area contributed by atoms with E-state index in [2.05, 4.69) is 9.47 Å². The van der Waals surface area contributed by atoms with Gasteiger partial charge in [0.15, 0.2) is 0 Å². The molecule has 1 saturated heterocycles. The lowest BCUT2D eigenvalue weighted by molar-refractivity contribution is -0.139. The van der Waals surface area contributed by atoms with Crippen LogP contribution in [0.1, 0.15) is 0 Å². The number of hydrogen-bond acceptors (Lipinski definition) is 5. The predicted molar refractivity (Wildman–Crippen MR) is 50.7 cm³/mol. The standard InChI is InChI=1S/C9H11NO6/c11-7(12)1-2-8(13)15-5-3-10-4-6-16-9(10)14/h1-2H,3-6H2,(H,11,12)/b2-1+. The zero-order valence-electron chi connectivity index (χ0n) is 8.42. The van der Waals surface area contributed by atoms with Crippen LogP contribution in [0.3, 0.4) is 0 Å². The van der Waals surface area contributed by atoms with Gasteiger partial charge in [-0.15, -0.1) is 0 Å². The number of hydrogen-bond donors (Lipinski definition) is 1. The maximum atomic E-state index is 10.9. The van der Waals surface area contributed by atoms with Crippen LogP contribution in [0.2, 0.25) is 0 Å². The van der Waals surface area contributed by atoms with E-state index in [0.717, 1.165) is 6.08 Å². The smallest absolute Gasteiger partial charge is 0.410 e. The van der Waals surface area contributed by atoms with Gasteiger partial charge in [0.1, 0.15) is 13.2 Å². The number of nitrogens with zero attached hydrogens (tertiary/aromatic N) is 1. The monoisotopic (exact) mass is 229 g/mol. The summed E-state index contributed by atoms with van der Waals surface area (Å²) >= 11 is 0. The number of carboxylic acid groups (broad SMARTS) is 1. The highest BCUT2D eigenvalue weighted by atomic mass is 16.6. The molecule has 1 amide bonds. The molecular weight excluding hydrogens is 218 g/mol. The lowest BCUT2D eigenvalue weighted by atomic mass is 10.5. The molecule has 0 aromatic heterocycles. The summed E-state index contributed by atoms with van der Waals surface area (Å²) in [5.41, 5.74) is 0. The summed E-state index contributed by atoms with van der Waals surface area (Å²) in [5.74, 6) is -1.98. The molecule has 0 aliphatic carbocycles. The van der Waals surface area contributed by atoms with E-state index in [1.165, 1.54) is 4.90 Å². The van der Waals surface area contributed by atoms with Gasteiger partial charge in [-0.05, 0) is 0 Å². The van der Waals surface area contributed by atoms with Gasteiger partial charge in [-0.2, -0.15) is 0 Å². The summed E-state index contributed by atoms with van der Waals surface area (Å²) < 4.78 is 9.32. The van der Waals surface area contributed by atoms with Gasteiger partial charge in [0, 0.05) is 12.2 Å². The number of cyclic esters (lactones) is 1. The van der Waals surface area contributed by atoms with Crippen LogP contribution in [0.15, 0.2) is 12.2 Å². The Labute approximate surface area is 91.2 Å². The summed E-state index contributed by atoms with van der Waals surface area (Å²) in [7, 11) is 0.